The third kappa shape index (κ3) is 3.45. The number of pyridine rings is 1. The molecule has 4 aromatic rings. The molecule has 0 aliphatic rings. The third-order valence-corrected chi connectivity index (χ3v) is 3.89. The minimum atomic E-state index is 0.475. The van der Waals surface area contributed by atoms with Crippen LogP contribution in [0.3, 0.4) is 0 Å². The molecule has 0 aliphatic carbocycles. The summed E-state index contributed by atoms with van der Waals surface area (Å²) >= 11 is 0. The van der Waals surface area contributed by atoms with E-state index in [4.69, 9.17) is 4.74 Å². The number of hydrogen-bond acceptors (Lipinski definition) is 4. The number of aromatic nitrogens is 3. The van der Waals surface area contributed by atoms with E-state index in [1.54, 1.807) is 0 Å². The largest absolute Gasteiger partial charge is 0.472 e. The van der Waals surface area contributed by atoms with Crippen molar-refractivity contribution in [1.82, 2.24) is 15.2 Å². The summed E-state index contributed by atoms with van der Waals surface area (Å²) in [5, 5.41) is 12.4. The Kier molecular flexibility index (Phi) is 4.04. The van der Waals surface area contributed by atoms with E-state index in [-0.39, 0.29) is 0 Å². The lowest BCUT2D eigenvalue weighted by molar-refractivity contribution is 0.298. The van der Waals surface area contributed by atoms with Crippen molar-refractivity contribution in [2.45, 2.75) is 13.5 Å². The van der Waals surface area contributed by atoms with Crippen molar-refractivity contribution in [2.24, 2.45) is 0 Å². The standard InChI is InChI=1S/C20H18N4O/c1-14-11-19(24-23-14)21-18-12-16-9-5-6-10-17(16)20(22-18)25-13-15-7-3-2-4-8-15/h2-12H,13H2,1H3,(H2,21,22,23,24). The van der Waals surface area contributed by atoms with Crippen LogP contribution < -0.4 is 10.1 Å². The van der Waals surface area contributed by atoms with E-state index in [2.05, 4.69) is 20.5 Å². The fraction of sp³-hybridized carbons (Fsp3) is 0.100. The number of aryl methyl sites for hydroxylation is 1. The number of nitrogens with zero attached hydrogens (tertiary/aromatic N) is 2. The van der Waals surface area contributed by atoms with Gasteiger partial charge in [0, 0.05) is 17.1 Å². The highest BCUT2D eigenvalue weighted by atomic mass is 16.5. The molecule has 0 spiro atoms. The van der Waals surface area contributed by atoms with E-state index in [1.165, 1.54) is 0 Å². The quantitative estimate of drug-likeness (QED) is 0.562. The van der Waals surface area contributed by atoms with Crippen molar-refractivity contribution in [3.63, 3.8) is 0 Å². The van der Waals surface area contributed by atoms with Gasteiger partial charge in [-0.15, -0.1) is 0 Å². The minimum absolute atomic E-state index is 0.475. The maximum atomic E-state index is 6.01. The van der Waals surface area contributed by atoms with Gasteiger partial charge >= 0.3 is 0 Å². The van der Waals surface area contributed by atoms with Gasteiger partial charge < -0.3 is 10.1 Å². The number of fused-ring (bicyclic) bond motifs is 1. The van der Waals surface area contributed by atoms with Crippen LogP contribution >= 0.6 is 0 Å². The van der Waals surface area contributed by atoms with E-state index < -0.39 is 0 Å². The Morgan fingerprint density at radius 1 is 0.960 bits per heavy atom. The molecule has 2 aromatic carbocycles. The van der Waals surface area contributed by atoms with Crippen LogP contribution in [0.5, 0.6) is 5.88 Å². The zero-order valence-electron chi connectivity index (χ0n) is 13.9. The summed E-state index contributed by atoms with van der Waals surface area (Å²) in [6, 6.07) is 22.1. The second kappa shape index (κ2) is 6.65. The van der Waals surface area contributed by atoms with Crippen molar-refractivity contribution in [1.29, 1.82) is 0 Å². The smallest absolute Gasteiger partial charge is 0.223 e. The van der Waals surface area contributed by atoms with E-state index in [1.807, 2.05) is 73.7 Å². The summed E-state index contributed by atoms with van der Waals surface area (Å²) in [7, 11) is 0. The number of ether oxygens (including phenoxy) is 1. The average Bonchev–Trinajstić information content (AvgIpc) is 3.05. The summed E-state index contributed by atoms with van der Waals surface area (Å²) in [6.45, 7) is 2.43. The number of benzene rings is 2. The normalized spacial score (nSPS) is 10.8. The summed E-state index contributed by atoms with van der Waals surface area (Å²) in [6.07, 6.45) is 0. The van der Waals surface area contributed by atoms with Crippen molar-refractivity contribution in [3.8, 4) is 5.88 Å². The Balaban J connectivity index is 1.66. The van der Waals surface area contributed by atoms with Crippen molar-refractivity contribution >= 4 is 22.4 Å². The molecule has 0 aliphatic heterocycles. The van der Waals surface area contributed by atoms with Gasteiger partial charge in [-0.3, -0.25) is 5.10 Å². The van der Waals surface area contributed by atoms with Crippen molar-refractivity contribution in [3.05, 3.63) is 78.0 Å². The molecule has 2 heterocycles. The first-order valence-electron chi connectivity index (χ1n) is 8.13. The van der Waals surface area contributed by atoms with E-state index in [0.29, 0.717) is 18.3 Å². The molecule has 0 unspecified atom stereocenters. The summed E-state index contributed by atoms with van der Waals surface area (Å²) in [5.74, 6) is 2.04. The van der Waals surface area contributed by atoms with Crippen LogP contribution in [-0.2, 0) is 6.61 Å². The fourth-order valence-corrected chi connectivity index (χ4v) is 2.68. The zero-order valence-corrected chi connectivity index (χ0v) is 13.9. The Morgan fingerprint density at radius 3 is 2.56 bits per heavy atom. The fourth-order valence-electron chi connectivity index (χ4n) is 2.68. The van der Waals surface area contributed by atoms with Gasteiger partial charge in [-0.05, 0) is 30.0 Å². The van der Waals surface area contributed by atoms with Crippen LogP contribution in [0, 0.1) is 6.92 Å². The van der Waals surface area contributed by atoms with Crippen molar-refractivity contribution in [2.75, 3.05) is 5.32 Å². The summed E-state index contributed by atoms with van der Waals surface area (Å²) in [4.78, 5) is 4.63. The monoisotopic (exact) mass is 330 g/mol. The average molecular weight is 330 g/mol. The lowest BCUT2D eigenvalue weighted by Crippen LogP contribution is -2.01. The highest BCUT2D eigenvalue weighted by molar-refractivity contribution is 5.89. The predicted octanol–water partition coefficient (Wildman–Crippen LogP) is 4.59. The number of rotatable bonds is 5. The van der Waals surface area contributed by atoms with E-state index in [9.17, 15) is 0 Å². The Morgan fingerprint density at radius 2 is 1.76 bits per heavy atom. The number of H-pyrrole nitrogens is 1. The van der Waals surface area contributed by atoms with Crippen LogP contribution in [0.1, 0.15) is 11.3 Å². The second-order valence-corrected chi connectivity index (χ2v) is 5.87. The number of anilines is 2. The molecule has 0 radical (unpaired) electrons. The molecule has 0 amide bonds. The molecule has 5 heteroatoms. The van der Waals surface area contributed by atoms with Gasteiger partial charge in [0.15, 0.2) is 5.82 Å². The molecule has 124 valence electrons. The lowest BCUT2D eigenvalue weighted by atomic mass is 10.1. The molecule has 0 atom stereocenters. The highest BCUT2D eigenvalue weighted by Crippen LogP contribution is 2.28. The van der Waals surface area contributed by atoms with Gasteiger partial charge in [0.25, 0.3) is 0 Å². The van der Waals surface area contributed by atoms with E-state index >= 15 is 0 Å². The first-order valence-corrected chi connectivity index (χ1v) is 8.13. The molecule has 2 N–H and O–H groups in total. The van der Waals surface area contributed by atoms with Crippen LogP contribution in [0.2, 0.25) is 0 Å². The topological polar surface area (TPSA) is 62.8 Å². The zero-order chi connectivity index (χ0) is 17.1. The molecule has 0 saturated heterocycles. The summed E-state index contributed by atoms with van der Waals surface area (Å²) < 4.78 is 6.01. The third-order valence-electron chi connectivity index (χ3n) is 3.89. The van der Waals surface area contributed by atoms with Crippen LogP contribution in [0.15, 0.2) is 66.7 Å². The SMILES string of the molecule is Cc1cc(Nc2cc3ccccc3c(OCc3ccccc3)n2)n[nH]1. The molecular weight excluding hydrogens is 312 g/mol. The first kappa shape index (κ1) is 15.2. The van der Waals surface area contributed by atoms with Gasteiger partial charge in [-0.25, -0.2) is 0 Å². The first-order chi connectivity index (χ1) is 12.3. The molecule has 0 fully saturated rings. The lowest BCUT2D eigenvalue weighted by Gasteiger charge is -2.11. The van der Waals surface area contributed by atoms with Gasteiger partial charge in [0.2, 0.25) is 5.88 Å². The van der Waals surface area contributed by atoms with Gasteiger partial charge in [0.05, 0.1) is 0 Å². The maximum absolute atomic E-state index is 6.01. The molecule has 2 aromatic heterocycles. The number of nitrogens with one attached hydrogen (secondary N) is 2. The Labute approximate surface area is 145 Å². The highest BCUT2D eigenvalue weighted by Gasteiger charge is 2.09. The van der Waals surface area contributed by atoms with Crippen LogP contribution in [-0.4, -0.2) is 15.2 Å². The minimum Gasteiger partial charge on any atom is -0.472 e. The molecule has 0 saturated carbocycles. The summed E-state index contributed by atoms with van der Waals surface area (Å²) in [5.41, 5.74) is 2.10. The second-order valence-electron chi connectivity index (χ2n) is 5.87. The number of hydrogen-bond donors (Lipinski definition) is 2. The maximum Gasteiger partial charge on any atom is 0.223 e. The molecular formula is C20H18N4O. The Hall–Kier alpha value is -3.34. The van der Waals surface area contributed by atoms with Crippen molar-refractivity contribution < 1.29 is 4.74 Å². The van der Waals surface area contributed by atoms with Gasteiger partial charge in [-0.2, -0.15) is 10.1 Å². The molecule has 0 bridgehead atoms. The van der Waals surface area contributed by atoms with Gasteiger partial charge in [0.1, 0.15) is 12.4 Å². The number of aromatic amines is 1. The van der Waals surface area contributed by atoms with Gasteiger partial charge in [-0.1, -0.05) is 48.5 Å². The predicted molar refractivity (Wildman–Crippen MR) is 99.1 cm³/mol. The van der Waals surface area contributed by atoms with Crippen LogP contribution in [0.4, 0.5) is 11.6 Å². The Bertz CT molecular complexity index is 995. The van der Waals surface area contributed by atoms with E-state index in [0.717, 1.165) is 27.8 Å². The molecule has 4 rings (SSSR count). The molecule has 25 heavy (non-hydrogen) atoms. The van der Waals surface area contributed by atoms with Crippen LogP contribution in [0.25, 0.3) is 10.8 Å². The molecule has 5 nitrogen and oxygen atoms in total.